The normalized spacial score (nSPS) is 16.7. The molecular weight excluding hydrogens is 422 g/mol. The molecule has 4 heterocycles. The molecule has 0 spiro atoms. The van der Waals surface area contributed by atoms with Crippen LogP contribution in [0.15, 0.2) is 42.7 Å². The second-order valence-electron chi connectivity index (χ2n) is 7.69. The van der Waals surface area contributed by atoms with Crippen LogP contribution in [0, 0.1) is 18.6 Å². The molecule has 5 nitrogen and oxygen atoms in total. The van der Waals surface area contributed by atoms with Crippen molar-refractivity contribution in [3.8, 4) is 22.5 Å². The number of hydrogen-bond acceptors (Lipinski definition) is 4. The largest absolute Gasteiger partial charge is 0.357 e. The number of aryl methyl sites for hydroxylation is 1. The number of hydrogen-bond donors (Lipinski definition) is 0. The summed E-state index contributed by atoms with van der Waals surface area (Å²) >= 11 is 5.96. The van der Waals surface area contributed by atoms with E-state index in [2.05, 4.69) is 10.1 Å². The minimum atomic E-state index is -0.815. The highest BCUT2D eigenvalue weighted by Crippen LogP contribution is 2.36. The summed E-state index contributed by atoms with van der Waals surface area (Å²) in [7, 11) is 0. The number of rotatable bonds is 3. The molecule has 1 atom stereocenters. The standard InChI is InChI=1S/C23H19ClF2N4O/c1-13-8-21-20(27-11-13)6-5-19(28-21)15-12-30(22-4-2-3-7-31-22)29-23(15)14-9-16(24)18(26)10-17(14)25/h5-6,8-12,22H,2-4,7H2,1H3. The Bertz CT molecular complexity index is 1280. The van der Waals surface area contributed by atoms with E-state index in [0.717, 1.165) is 41.9 Å². The maximum atomic E-state index is 14.8. The minimum Gasteiger partial charge on any atom is -0.357 e. The van der Waals surface area contributed by atoms with Gasteiger partial charge in [0.05, 0.1) is 21.7 Å². The van der Waals surface area contributed by atoms with Gasteiger partial charge in [0, 0.05) is 36.2 Å². The summed E-state index contributed by atoms with van der Waals surface area (Å²) in [4.78, 5) is 9.12. The van der Waals surface area contributed by atoms with E-state index in [9.17, 15) is 8.78 Å². The molecule has 1 saturated heterocycles. The lowest BCUT2D eigenvalue weighted by molar-refractivity contribution is -0.0393. The van der Waals surface area contributed by atoms with Crippen LogP contribution in [0.5, 0.6) is 0 Å². The second kappa shape index (κ2) is 7.98. The summed E-state index contributed by atoms with van der Waals surface area (Å²) in [5.74, 6) is -1.55. The van der Waals surface area contributed by atoms with E-state index in [-0.39, 0.29) is 16.8 Å². The van der Waals surface area contributed by atoms with Crippen LogP contribution in [0.4, 0.5) is 8.78 Å². The summed E-state index contributed by atoms with van der Waals surface area (Å²) in [5.41, 5.74) is 4.13. The molecule has 1 aliphatic rings. The molecule has 8 heteroatoms. The van der Waals surface area contributed by atoms with Gasteiger partial charge in [0.25, 0.3) is 0 Å². The molecule has 1 aliphatic heterocycles. The molecule has 4 aromatic rings. The molecule has 0 N–H and O–H groups in total. The molecule has 0 amide bonds. The van der Waals surface area contributed by atoms with Gasteiger partial charge in [0.2, 0.25) is 0 Å². The summed E-state index contributed by atoms with van der Waals surface area (Å²) in [6.45, 7) is 2.59. The molecule has 158 valence electrons. The van der Waals surface area contributed by atoms with E-state index in [4.69, 9.17) is 21.3 Å². The van der Waals surface area contributed by atoms with E-state index in [1.54, 1.807) is 17.1 Å². The van der Waals surface area contributed by atoms with Crippen molar-refractivity contribution in [1.82, 2.24) is 19.7 Å². The van der Waals surface area contributed by atoms with Gasteiger partial charge in [-0.15, -0.1) is 0 Å². The molecular formula is C23H19ClF2N4O. The van der Waals surface area contributed by atoms with E-state index < -0.39 is 11.6 Å². The van der Waals surface area contributed by atoms with Crippen molar-refractivity contribution in [2.75, 3.05) is 6.61 Å². The Morgan fingerprint density at radius 3 is 2.74 bits per heavy atom. The summed E-state index contributed by atoms with van der Waals surface area (Å²) < 4.78 is 36.1. The molecule has 1 unspecified atom stereocenters. The Morgan fingerprint density at radius 1 is 1.06 bits per heavy atom. The van der Waals surface area contributed by atoms with Crippen LogP contribution in [0.3, 0.4) is 0 Å². The Hall–Kier alpha value is -2.90. The second-order valence-corrected chi connectivity index (χ2v) is 8.09. The highest BCUT2D eigenvalue weighted by atomic mass is 35.5. The fourth-order valence-electron chi connectivity index (χ4n) is 3.82. The number of pyridine rings is 2. The van der Waals surface area contributed by atoms with Crippen molar-refractivity contribution in [2.24, 2.45) is 0 Å². The third kappa shape index (κ3) is 3.79. The Morgan fingerprint density at radius 2 is 1.94 bits per heavy atom. The number of aromatic nitrogens is 4. The minimum absolute atomic E-state index is 0.111. The average molecular weight is 441 g/mol. The highest BCUT2D eigenvalue weighted by Gasteiger charge is 2.24. The third-order valence-corrected chi connectivity index (χ3v) is 5.69. The van der Waals surface area contributed by atoms with Crippen molar-refractivity contribution in [3.05, 3.63) is 64.9 Å². The first-order valence-electron chi connectivity index (χ1n) is 10.1. The van der Waals surface area contributed by atoms with E-state index >= 15 is 0 Å². The Balaban J connectivity index is 1.70. The number of nitrogens with zero attached hydrogens (tertiary/aromatic N) is 4. The topological polar surface area (TPSA) is 52.8 Å². The van der Waals surface area contributed by atoms with Crippen LogP contribution in [0.25, 0.3) is 33.5 Å². The van der Waals surface area contributed by atoms with Crippen LogP contribution >= 0.6 is 11.6 Å². The maximum Gasteiger partial charge on any atom is 0.150 e. The van der Waals surface area contributed by atoms with Crippen molar-refractivity contribution >= 4 is 22.6 Å². The molecule has 0 bridgehead atoms. The monoisotopic (exact) mass is 440 g/mol. The summed E-state index contributed by atoms with van der Waals surface area (Å²) in [6, 6.07) is 7.66. The van der Waals surface area contributed by atoms with Gasteiger partial charge in [-0.2, -0.15) is 5.10 Å². The molecule has 1 fully saturated rings. The zero-order valence-corrected chi connectivity index (χ0v) is 17.5. The van der Waals surface area contributed by atoms with Crippen LogP contribution < -0.4 is 0 Å². The van der Waals surface area contributed by atoms with Gasteiger partial charge in [0.15, 0.2) is 0 Å². The number of fused-ring (bicyclic) bond motifs is 1. The molecule has 3 aromatic heterocycles. The number of benzene rings is 1. The molecule has 0 radical (unpaired) electrons. The number of halogens is 3. The van der Waals surface area contributed by atoms with Crippen molar-refractivity contribution in [3.63, 3.8) is 0 Å². The summed E-state index contributed by atoms with van der Waals surface area (Å²) in [6.07, 6.45) is 6.16. The van der Waals surface area contributed by atoms with E-state index in [1.807, 2.05) is 25.1 Å². The smallest absolute Gasteiger partial charge is 0.150 e. The Labute approximate surface area is 182 Å². The quantitative estimate of drug-likeness (QED) is 0.361. The first-order valence-corrected chi connectivity index (χ1v) is 10.5. The maximum absolute atomic E-state index is 14.8. The lowest BCUT2D eigenvalue weighted by atomic mass is 10.0. The molecule has 5 rings (SSSR count). The van der Waals surface area contributed by atoms with E-state index in [1.165, 1.54) is 6.07 Å². The zero-order valence-electron chi connectivity index (χ0n) is 16.8. The van der Waals surface area contributed by atoms with Gasteiger partial charge in [-0.3, -0.25) is 4.98 Å². The van der Waals surface area contributed by atoms with Gasteiger partial charge in [-0.1, -0.05) is 11.6 Å². The van der Waals surface area contributed by atoms with Crippen LogP contribution in [-0.2, 0) is 4.74 Å². The van der Waals surface area contributed by atoms with Crippen molar-refractivity contribution in [1.29, 1.82) is 0 Å². The first kappa shape index (κ1) is 20.0. The third-order valence-electron chi connectivity index (χ3n) is 5.40. The van der Waals surface area contributed by atoms with Crippen LogP contribution in [0.1, 0.15) is 31.1 Å². The van der Waals surface area contributed by atoms with Gasteiger partial charge < -0.3 is 4.74 Å². The van der Waals surface area contributed by atoms with Crippen molar-refractivity contribution in [2.45, 2.75) is 32.4 Å². The highest BCUT2D eigenvalue weighted by molar-refractivity contribution is 6.31. The fraction of sp³-hybridized carbons (Fsp3) is 0.261. The van der Waals surface area contributed by atoms with Gasteiger partial charge in [-0.05, 0) is 56.0 Å². The first-order chi connectivity index (χ1) is 15.0. The van der Waals surface area contributed by atoms with E-state index in [0.29, 0.717) is 23.6 Å². The molecule has 0 saturated carbocycles. The lowest BCUT2D eigenvalue weighted by Gasteiger charge is -2.22. The van der Waals surface area contributed by atoms with Gasteiger partial charge in [0.1, 0.15) is 23.6 Å². The Kier molecular flexibility index (Phi) is 5.16. The summed E-state index contributed by atoms with van der Waals surface area (Å²) in [5, 5.41) is 4.46. The zero-order chi connectivity index (χ0) is 21.5. The van der Waals surface area contributed by atoms with Gasteiger partial charge in [-0.25, -0.2) is 18.4 Å². The van der Waals surface area contributed by atoms with Gasteiger partial charge >= 0.3 is 0 Å². The average Bonchev–Trinajstić information content (AvgIpc) is 3.21. The van der Waals surface area contributed by atoms with Crippen molar-refractivity contribution < 1.29 is 13.5 Å². The lowest BCUT2D eigenvalue weighted by Crippen LogP contribution is -2.18. The molecule has 31 heavy (non-hydrogen) atoms. The predicted molar refractivity (Wildman–Crippen MR) is 115 cm³/mol. The molecule has 1 aromatic carbocycles. The SMILES string of the molecule is Cc1cnc2ccc(-c3cn(C4CCCCO4)nc3-c3cc(Cl)c(F)cc3F)nc2c1. The molecule has 0 aliphatic carbocycles. The van der Waals surface area contributed by atoms with Crippen LogP contribution in [0.2, 0.25) is 5.02 Å². The predicted octanol–water partition coefficient (Wildman–Crippen LogP) is 6.10. The fourth-order valence-corrected chi connectivity index (χ4v) is 3.98. The van der Waals surface area contributed by atoms with Crippen LogP contribution in [-0.4, -0.2) is 26.4 Å². The number of ether oxygens (including phenoxy) is 1.